The predicted octanol–water partition coefficient (Wildman–Crippen LogP) is 22.9. The highest BCUT2D eigenvalue weighted by molar-refractivity contribution is 9.10. The van der Waals surface area contributed by atoms with Crippen LogP contribution in [0.4, 0.5) is 26.3 Å². The Hall–Kier alpha value is -15.4. The van der Waals surface area contributed by atoms with Crippen LogP contribution < -0.4 is 0 Å². The predicted molar refractivity (Wildman–Crippen MR) is 473 cm³/mol. The van der Waals surface area contributed by atoms with Crippen LogP contribution >= 0.6 is 39.1 Å². The van der Waals surface area contributed by atoms with Crippen LogP contribution in [0.15, 0.2) is 265 Å². The van der Waals surface area contributed by atoms with Gasteiger partial charge in [-0.25, -0.2) is 0 Å². The molecule has 0 spiro atoms. The van der Waals surface area contributed by atoms with Gasteiger partial charge in [0.2, 0.25) is 0 Å². The van der Waals surface area contributed by atoms with Crippen LogP contribution in [0.5, 0.6) is 0 Å². The van der Waals surface area contributed by atoms with Gasteiger partial charge >= 0.3 is 12.4 Å². The minimum atomic E-state index is -4.70. The molecule has 0 amide bonds. The molecule has 0 aromatic heterocycles. The van der Waals surface area contributed by atoms with Crippen molar-refractivity contribution >= 4 is 39.1 Å². The van der Waals surface area contributed by atoms with E-state index in [1.807, 2.05) is 237 Å². The third kappa shape index (κ3) is 33.6. The average Bonchev–Trinajstić information content (AvgIpc) is 0.828. The van der Waals surface area contributed by atoms with E-state index in [0.29, 0.717) is 17.0 Å². The van der Waals surface area contributed by atoms with E-state index >= 15 is 0 Å². The van der Waals surface area contributed by atoms with Crippen LogP contribution in [0.25, 0.3) is 0 Å². The second-order valence-corrected chi connectivity index (χ2v) is 25.2. The largest absolute Gasteiger partial charge is 0.458 e. The summed E-state index contributed by atoms with van der Waals surface area (Å²) in [4.78, 5) is 0. The molecule has 0 radical (unpaired) electrons. The highest BCUT2D eigenvalue weighted by Crippen LogP contribution is 2.25. The van der Waals surface area contributed by atoms with Crippen molar-refractivity contribution in [3.8, 4) is 205 Å². The summed E-state index contributed by atoms with van der Waals surface area (Å²) in [6.07, 6.45) is 40.1. The molecule has 11 aromatic rings. The van der Waals surface area contributed by atoms with E-state index in [1.54, 1.807) is 11.8 Å². The highest BCUT2D eigenvalue weighted by atomic mass is 79.9. The van der Waals surface area contributed by atoms with Gasteiger partial charge in [0.05, 0.1) is 5.56 Å². The van der Waals surface area contributed by atoms with Crippen LogP contribution in [0, 0.1) is 211 Å². The summed E-state index contributed by atoms with van der Waals surface area (Å²) in [5, 5.41) is 4.59. The third-order valence-corrected chi connectivity index (χ3v) is 16.0. The van der Waals surface area contributed by atoms with E-state index in [1.165, 1.54) is 29.8 Å². The van der Waals surface area contributed by atoms with E-state index in [-0.39, 0.29) is 17.0 Å². The quantitative estimate of drug-likeness (QED) is 0.122. The van der Waals surface area contributed by atoms with Crippen LogP contribution in [0.3, 0.4) is 0 Å². The van der Waals surface area contributed by atoms with Crippen molar-refractivity contribution in [1.29, 1.82) is 0 Å². The fourth-order valence-corrected chi connectivity index (χ4v) is 10.5. The van der Waals surface area contributed by atoms with E-state index in [9.17, 15) is 26.3 Å². The van der Waals surface area contributed by atoms with Crippen LogP contribution in [-0.2, 0) is 6.42 Å². The Morgan fingerprint density at radius 1 is 0.291 bits per heavy atom. The Morgan fingerprint density at radius 3 is 0.872 bits per heavy atom. The molecule has 0 saturated heterocycles. The molecular weight excluding hydrogens is 1560 g/mol. The molecular formula is C108H65BrCl2F6. The number of rotatable bonds is 3. The van der Waals surface area contributed by atoms with Crippen LogP contribution in [-0.4, -0.2) is 12.4 Å². The molecule has 11 aromatic carbocycles. The van der Waals surface area contributed by atoms with Crippen molar-refractivity contribution in [2.24, 2.45) is 5.92 Å². The van der Waals surface area contributed by atoms with Gasteiger partial charge in [-0.05, 0) is 209 Å². The first-order valence-corrected chi connectivity index (χ1v) is 36.4. The van der Waals surface area contributed by atoms with E-state index in [4.69, 9.17) is 81.0 Å². The molecule has 9 heteroatoms. The maximum Gasteiger partial charge on any atom is 0.458 e. The van der Waals surface area contributed by atoms with E-state index < -0.39 is 12.4 Å². The van der Waals surface area contributed by atoms with Crippen molar-refractivity contribution in [2.45, 2.75) is 45.5 Å². The summed E-state index contributed by atoms with van der Waals surface area (Å²) in [7, 11) is 0. The van der Waals surface area contributed by atoms with Gasteiger partial charge in [0.25, 0.3) is 0 Å². The molecule has 1 atom stereocenters. The summed E-state index contributed by atoms with van der Waals surface area (Å²) < 4.78 is 72.1. The van der Waals surface area contributed by atoms with Gasteiger partial charge in [-0.3, -0.25) is 0 Å². The average molecular weight is 1630 g/mol. The lowest BCUT2D eigenvalue weighted by molar-refractivity contribution is -0.0706. The lowest BCUT2D eigenvalue weighted by atomic mass is 9.93. The van der Waals surface area contributed by atoms with Crippen molar-refractivity contribution in [1.82, 2.24) is 0 Å². The first-order valence-electron chi connectivity index (χ1n) is 34.9. The van der Waals surface area contributed by atoms with Gasteiger partial charge in [-0.2, -0.15) is 26.3 Å². The van der Waals surface area contributed by atoms with Gasteiger partial charge in [-0.1, -0.05) is 260 Å². The molecule has 0 heterocycles. The Kier molecular flexibility index (Phi) is 39.8. The zero-order valence-electron chi connectivity index (χ0n) is 63.3. The molecule has 0 bridgehead atoms. The zero-order valence-corrected chi connectivity index (χ0v) is 66.4. The van der Waals surface area contributed by atoms with Gasteiger partial charge in [0, 0.05) is 139 Å². The monoisotopic (exact) mass is 1620 g/mol. The molecule has 11 rings (SSSR count). The maximum absolute atomic E-state index is 11.9. The van der Waals surface area contributed by atoms with Crippen molar-refractivity contribution in [3.63, 3.8) is 0 Å². The van der Waals surface area contributed by atoms with Crippen LogP contribution in [0.2, 0.25) is 0 Å². The van der Waals surface area contributed by atoms with Crippen molar-refractivity contribution in [3.05, 3.63) is 388 Å². The topological polar surface area (TPSA) is 0 Å². The molecule has 0 aliphatic rings. The second kappa shape index (κ2) is 50.5. The van der Waals surface area contributed by atoms with Gasteiger partial charge < -0.3 is 0 Å². The van der Waals surface area contributed by atoms with Crippen LogP contribution in [0.1, 0.15) is 149 Å². The summed E-state index contributed by atoms with van der Waals surface area (Å²) in [5.74, 6) is 60.2. The first-order chi connectivity index (χ1) is 56.5. The molecule has 117 heavy (non-hydrogen) atoms. The number of hydrogen-bond donors (Lipinski definition) is 0. The lowest BCUT2D eigenvalue weighted by Gasteiger charge is -2.08. The second-order valence-electron chi connectivity index (χ2n) is 23.9. The number of alkyl halides is 6. The van der Waals surface area contributed by atoms with Gasteiger partial charge in [0.15, 0.2) is 0 Å². The molecule has 0 N–H and O–H groups in total. The Labute approximate surface area is 704 Å². The number of benzene rings is 11. The molecule has 1 unspecified atom stereocenters. The molecule has 0 aliphatic carbocycles. The fourth-order valence-electron chi connectivity index (χ4n) is 9.72. The number of hydrogen-bond acceptors (Lipinski definition) is 0. The molecule has 0 saturated carbocycles. The lowest BCUT2D eigenvalue weighted by Crippen LogP contribution is -2.02. The SMILES string of the molecule is C#Cc1cc(C#Cc2ccccc2)c(C#Cc2ccccc2)cc1C#C.C#Cc1cc(CC(C)C)cc(Br)c1C#C.C#Cc1cccc(C(C)C#C)c1C#C.C#Cc1ccccc1C#C.C(#Cc1ccccc1C#Cc1ccccc1)c1ccccc1.ClC#Cc1ccccc1C#CCl.FC(F)(F)C#Cc1ccccc1C#CC(F)(F)F. The standard InChI is InChI=1S/C26H14.C22H14.C14H13Br.C14H10.C12H4F6.C10H4Cl2.C10H6/c1-3-23-19-25(17-15-21-11-7-5-8-12-21)26(20-24(23)4-2)18-16-22-13-9-6-10-14-22;1-3-9-19(10-4-1)15-17-21-13-7-8-14-22(21)18-16-20-11-5-2-6-12-20;1-5-12-8-11(7-10(3)4)9-14(15)13(12)6-2;1-5-11(4)14-10-8-9-12(6-2)13(14)7-3;13-11(14,15)7-5-9-3-1-2-4-10(9)6-8-12(16,17)18;11-7-5-9-3-1-2-4-10(9)6-8-12;1-3-9-7-5-6-8-10(9)4-2/h1-2,5-14,19-20H;1-14H;1-2,8-10H,7H2,3-4H3;1-3,8-11H,4H3;1-4H;1-4H;1-2,5-8H. The van der Waals surface area contributed by atoms with Gasteiger partial charge in [0.1, 0.15) is 0 Å². The molecule has 0 nitrogen and oxygen atoms in total. The maximum atomic E-state index is 11.9. The third-order valence-electron chi connectivity index (χ3n) is 15.2. The zero-order chi connectivity index (χ0) is 85.2. The van der Waals surface area contributed by atoms with Gasteiger partial charge in [-0.15, -0.1) is 57.8 Å². The van der Waals surface area contributed by atoms with E-state index in [0.717, 1.165) is 117 Å². The highest BCUT2D eigenvalue weighted by Gasteiger charge is 2.24. The first kappa shape index (κ1) is 92.2. The fraction of sp³-hybridized carbons (Fsp3) is 0.0741. The summed E-state index contributed by atoms with van der Waals surface area (Å²) in [6.45, 7) is 6.29. The van der Waals surface area contributed by atoms with Crippen molar-refractivity contribution in [2.75, 3.05) is 0 Å². The Morgan fingerprint density at radius 2 is 0.581 bits per heavy atom. The normalized spacial score (nSPS) is 9.33. The number of terminal acetylenes is 9. The summed E-state index contributed by atoms with van der Waals surface area (Å²) >= 11 is 14.0. The minimum absolute atomic E-state index is 0.00523. The molecule has 0 aliphatic heterocycles. The van der Waals surface area contributed by atoms with E-state index in [2.05, 4.69) is 159 Å². The van der Waals surface area contributed by atoms with Crippen molar-refractivity contribution < 1.29 is 26.3 Å². The number of halogens is 9. The smallest absolute Gasteiger partial charge is 0.159 e. The molecule has 560 valence electrons. The Bertz CT molecular complexity index is 5960. The minimum Gasteiger partial charge on any atom is -0.159 e. The summed E-state index contributed by atoms with van der Waals surface area (Å²) in [6, 6.07) is 80.7. The molecule has 0 fully saturated rings. The Balaban J connectivity index is 0.000000249. The summed E-state index contributed by atoms with van der Waals surface area (Å²) in [5.41, 5.74) is 16.6.